The molecule has 7 heteroatoms. The molecule has 1 atom stereocenters. The van der Waals surface area contributed by atoms with Gasteiger partial charge in [-0.1, -0.05) is 0 Å². The Bertz CT molecular complexity index is 894. The molecule has 1 saturated carbocycles. The number of halogens is 1. The summed E-state index contributed by atoms with van der Waals surface area (Å²) in [5.74, 6) is 0.536. The molecule has 0 aromatic carbocycles. The van der Waals surface area contributed by atoms with Crippen LogP contribution in [0.25, 0.3) is 5.82 Å². The van der Waals surface area contributed by atoms with Gasteiger partial charge in [0.15, 0.2) is 11.5 Å². The molecular weight excluding hydrogens is 347 g/mol. The Morgan fingerprint density at radius 2 is 2.15 bits per heavy atom. The van der Waals surface area contributed by atoms with E-state index in [2.05, 4.69) is 26.6 Å². The van der Waals surface area contributed by atoms with Crippen molar-refractivity contribution in [1.82, 2.24) is 14.5 Å². The molecule has 3 aliphatic rings. The van der Waals surface area contributed by atoms with E-state index in [0.29, 0.717) is 39.1 Å². The van der Waals surface area contributed by atoms with Crippen molar-refractivity contribution in [2.24, 2.45) is 0 Å². The number of likely N-dealkylation sites (tertiary alicyclic amines) is 1. The van der Waals surface area contributed by atoms with E-state index in [9.17, 15) is 9.18 Å². The largest absolute Gasteiger partial charge is 0.383 e. The van der Waals surface area contributed by atoms with Gasteiger partial charge in [0.25, 0.3) is 5.91 Å². The van der Waals surface area contributed by atoms with Crippen LogP contribution in [0.5, 0.6) is 0 Å². The fourth-order valence-corrected chi connectivity index (χ4v) is 4.62. The molecule has 1 amide bonds. The molecule has 5 rings (SSSR count). The summed E-state index contributed by atoms with van der Waals surface area (Å²) in [5, 5.41) is 0. The van der Waals surface area contributed by atoms with Gasteiger partial charge in [-0.25, -0.2) is 9.37 Å². The van der Waals surface area contributed by atoms with Gasteiger partial charge in [-0.05, 0) is 43.5 Å². The van der Waals surface area contributed by atoms with Gasteiger partial charge in [0.2, 0.25) is 0 Å². The number of nitrogens with zero attached hydrogens (tertiary/aromatic N) is 4. The van der Waals surface area contributed by atoms with Crippen LogP contribution in [0.3, 0.4) is 0 Å². The molecule has 4 heterocycles. The summed E-state index contributed by atoms with van der Waals surface area (Å²) in [7, 11) is 1.69. The van der Waals surface area contributed by atoms with E-state index < -0.39 is 5.67 Å². The van der Waals surface area contributed by atoms with E-state index in [1.54, 1.807) is 18.2 Å². The van der Waals surface area contributed by atoms with Crippen molar-refractivity contribution in [2.45, 2.75) is 30.5 Å². The Labute approximate surface area is 157 Å². The highest BCUT2D eigenvalue weighted by Crippen LogP contribution is 2.49. The molecule has 1 aliphatic carbocycles. The van der Waals surface area contributed by atoms with Crippen LogP contribution in [0.2, 0.25) is 0 Å². The third kappa shape index (κ3) is 2.34. The Morgan fingerprint density at radius 3 is 2.93 bits per heavy atom. The summed E-state index contributed by atoms with van der Waals surface area (Å²) in [5.41, 5.74) is 0.107. The van der Waals surface area contributed by atoms with Crippen LogP contribution in [0.4, 0.5) is 10.1 Å². The zero-order chi connectivity index (χ0) is 18.6. The average Bonchev–Trinajstić information content (AvgIpc) is 3.11. The van der Waals surface area contributed by atoms with Gasteiger partial charge >= 0.3 is 0 Å². The van der Waals surface area contributed by atoms with Gasteiger partial charge < -0.3 is 19.1 Å². The molecule has 27 heavy (non-hydrogen) atoms. The summed E-state index contributed by atoms with van der Waals surface area (Å²) in [4.78, 5) is 21.3. The van der Waals surface area contributed by atoms with E-state index in [1.807, 2.05) is 18.3 Å². The number of aromatic nitrogens is 2. The van der Waals surface area contributed by atoms with E-state index in [1.165, 1.54) is 0 Å². The average molecular weight is 370 g/mol. The lowest BCUT2D eigenvalue weighted by Crippen LogP contribution is -2.54. The van der Waals surface area contributed by atoms with E-state index in [-0.39, 0.29) is 11.4 Å². The molecule has 0 N–H and O–H groups in total. The number of fused-ring (bicyclic) bond motifs is 4. The second-order valence-corrected chi connectivity index (χ2v) is 7.73. The van der Waals surface area contributed by atoms with Crippen molar-refractivity contribution in [3.05, 3.63) is 42.4 Å². The van der Waals surface area contributed by atoms with Gasteiger partial charge in [-0.15, -0.1) is 0 Å². The minimum atomic E-state index is -1.63. The number of anilines is 1. The van der Waals surface area contributed by atoms with E-state index >= 15 is 0 Å². The first kappa shape index (κ1) is 16.7. The Balaban J connectivity index is 1.59. The highest BCUT2D eigenvalue weighted by molar-refractivity contribution is 5.88. The molecule has 0 unspecified atom stereocenters. The SMILES string of the molecule is COCCN1c2cccnc2-n2cccc2[C@@]12CCN(C(=O)C1(F)CC1)C2. The number of pyridine rings is 1. The first-order valence-electron chi connectivity index (χ1n) is 9.47. The van der Waals surface area contributed by atoms with Crippen LogP contribution < -0.4 is 4.90 Å². The van der Waals surface area contributed by atoms with Crippen LogP contribution in [0.1, 0.15) is 25.0 Å². The maximum absolute atomic E-state index is 14.4. The van der Waals surface area contributed by atoms with Gasteiger partial charge in [0.05, 0.1) is 18.0 Å². The summed E-state index contributed by atoms with van der Waals surface area (Å²) in [6.45, 7) is 2.30. The molecule has 2 aromatic rings. The monoisotopic (exact) mass is 370 g/mol. The molecule has 2 aliphatic heterocycles. The number of hydrogen-bond donors (Lipinski definition) is 0. The third-order valence-corrected chi connectivity index (χ3v) is 6.15. The number of rotatable bonds is 4. The zero-order valence-corrected chi connectivity index (χ0v) is 15.4. The minimum Gasteiger partial charge on any atom is -0.383 e. The molecule has 1 saturated heterocycles. The molecule has 6 nitrogen and oxygen atoms in total. The van der Waals surface area contributed by atoms with Crippen LogP contribution in [-0.4, -0.2) is 59.4 Å². The smallest absolute Gasteiger partial charge is 0.260 e. The quantitative estimate of drug-likeness (QED) is 0.829. The summed E-state index contributed by atoms with van der Waals surface area (Å²) < 4.78 is 21.9. The highest BCUT2D eigenvalue weighted by atomic mass is 19.1. The number of hydrogen-bond acceptors (Lipinski definition) is 4. The number of ether oxygens (including phenoxy) is 1. The molecule has 0 bridgehead atoms. The van der Waals surface area contributed by atoms with Gasteiger partial charge in [-0.2, -0.15) is 0 Å². The normalized spacial score (nSPS) is 24.8. The van der Waals surface area contributed by atoms with Crippen molar-refractivity contribution in [1.29, 1.82) is 0 Å². The fraction of sp³-hybridized carbons (Fsp3) is 0.500. The van der Waals surface area contributed by atoms with Crippen molar-refractivity contribution >= 4 is 11.6 Å². The summed E-state index contributed by atoms with van der Waals surface area (Å²) >= 11 is 0. The van der Waals surface area contributed by atoms with Crippen molar-refractivity contribution in [3.63, 3.8) is 0 Å². The van der Waals surface area contributed by atoms with Crippen LogP contribution >= 0.6 is 0 Å². The fourth-order valence-electron chi connectivity index (χ4n) is 4.62. The summed E-state index contributed by atoms with van der Waals surface area (Å²) in [6.07, 6.45) is 5.27. The topological polar surface area (TPSA) is 50.6 Å². The minimum absolute atomic E-state index is 0.346. The van der Waals surface area contributed by atoms with E-state index in [0.717, 1.165) is 23.6 Å². The maximum Gasteiger partial charge on any atom is 0.260 e. The Kier molecular flexibility index (Phi) is 3.59. The lowest BCUT2D eigenvalue weighted by atomic mass is 9.89. The number of amides is 1. The first-order valence-corrected chi connectivity index (χ1v) is 9.47. The number of carbonyl (C=O) groups is 1. The van der Waals surface area contributed by atoms with Crippen molar-refractivity contribution in [3.8, 4) is 5.82 Å². The standard InChI is InChI=1S/C20H23FN4O2/c1-27-13-12-25-15-4-2-9-22-17(15)24-10-3-5-16(24)20(25)8-11-23(14-20)18(26)19(21)6-7-19/h2-5,9-10H,6-8,11-14H2,1H3/t20-/m0/s1. The number of carbonyl (C=O) groups excluding carboxylic acids is 1. The second-order valence-electron chi connectivity index (χ2n) is 7.73. The molecule has 2 aromatic heterocycles. The predicted molar refractivity (Wildman–Crippen MR) is 98.7 cm³/mol. The molecule has 1 spiro atoms. The molecule has 0 radical (unpaired) electrons. The van der Waals surface area contributed by atoms with Crippen LogP contribution in [-0.2, 0) is 15.1 Å². The lowest BCUT2D eigenvalue weighted by molar-refractivity contribution is -0.137. The van der Waals surface area contributed by atoms with E-state index in [4.69, 9.17) is 4.74 Å². The first-order chi connectivity index (χ1) is 13.1. The second kappa shape index (κ2) is 5.79. The Hall–Kier alpha value is -2.41. The highest BCUT2D eigenvalue weighted by Gasteiger charge is 2.57. The Morgan fingerprint density at radius 1 is 1.30 bits per heavy atom. The molecule has 2 fully saturated rings. The molecular formula is C20H23FN4O2. The zero-order valence-electron chi connectivity index (χ0n) is 15.4. The van der Waals surface area contributed by atoms with Crippen LogP contribution in [0, 0.1) is 0 Å². The van der Waals surface area contributed by atoms with Crippen molar-refractivity contribution < 1.29 is 13.9 Å². The van der Waals surface area contributed by atoms with Crippen LogP contribution in [0.15, 0.2) is 36.7 Å². The lowest BCUT2D eigenvalue weighted by Gasteiger charge is -2.47. The third-order valence-electron chi connectivity index (χ3n) is 6.15. The molecule has 142 valence electrons. The number of alkyl halides is 1. The van der Waals surface area contributed by atoms with Gasteiger partial charge in [0, 0.05) is 39.1 Å². The summed E-state index contributed by atoms with van der Waals surface area (Å²) in [6, 6.07) is 8.09. The van der Waals surface area contributed by atoms with Crippen molar-refractivity contribution in [2.75, 3.05) is 38.3 Å². The maximum atomic E-state index is 14.4. The number of methoxy groups -OCH3 is 1. The van der Waals surface area contributed by atoms with Gasteiger partial charge in [-0.3, -0.25) is 4.79 Å². The van der Waals surface area contributed by atoms with Gasteiger partial charge in [0.1, 0.15) is 5.54 Å². The predicted octanol–water partition coefficient (Wildman–Crippen LogP) is 2.27.